The Morgan fingerprint density at radius 3 is 2.30 bits per heavy atom. The Labute approximate surface area is 188 Å². The van der Waals surface area contributed by atoms with Crippen molar-refractivity contribution in [1.29, 1.82) is 0 Å². The monoisotopic (exact) mass is 446 g/mol. The summed E-state index contributed by atoms with van der Waals surface area (Å²) in [5, 5.41) is 10.6. The van der Waals surface area contributed by atoms with E-state index < -0.39 is 17.2 Å². The van der Waals surface area contributed by atoms with Gasteiger partial charge < -0.3 is 9.84 Å². The lowest BCUT2D eigenvalue weighted by Gasteiger charge is -2.08. The zero-order valence-electron chi connectivity index (χ0n) is 18.4. The number of carbonyl (C=O) groups is 1. The molecule has 0 bridgehead atoms. The average Bonchev–Trinajstić information content (AvgIpc) is 3.30. The van der Waals surface area contributed by atoms with Crippen LogP contribution in [0.5, 0.6) is 0 Å². The minimum Gasteiger partial charge on any atom is -0.347 e. The molecule has 10 heteroatoms. The second-order valence-corrected chi connectivity index (χ2v) is 7.66. The number of aromatic nitrogens is 5. The van der Waals surface area contributed by atoms with Gasteiger partial charge in [-0.15, -0.1) is 0 Å². The fourth-order valence-corrected chi connectivity index (χ4v) is 3.13. The number of benzene rings is 2. The standard InChI is InChI=1S/C23H22N6O4/c1-14-4-8-16(9-5-14)12-13-24-20(30)21-25-19(27-33-21)18-22(31)28(3)23(32)29(26-18)17-10-6-15(2)7-11-17/h4-11H,12-13H2,1-3H3,(H,24,30). The number of carbonyl (C=O) groups excluding carboxylic acids is 1. The Hall–Kier alpha value is -4.34. The van der Waals surface area contributed by atoms with Crippen molar-refractivity contribution in [3.8, 4) is 17.2 Å². The van der Waals surface area contributed by atoms with Gasteiger partial charge in [0.15, 0.2) is 5.69 Å². The van der Waals surface area contributed by atoms with Crippen LogP contribution in [0.25, 0.3) is 17.2 Å². The molecular weight excluding hydrogens is 424 g/mol. The number of nitrogens with zero attached hydrogens (tertiary/aromatic N) is 5. The lowest BCUT2D eigenvalue weighted by Crippen LogP contribution is -2.40. The smallest absolute Gasteiger partial charge is 0.347 e. The van der Waals surface area contributed by atoms with E-state index in [1.54, 1.807) is 12.1 Å². The minimum absolute atomic E-state index is 0.180. The lowest BCUT2D eigenvalue weighted by molar-refractivity contribution is 0.0910. The first-order chi connectivity index (χ1) is 15.8. The Morgan fingerprint density at radius 1 is 1.00 bits per heavy atom. The van der Waals surface area contributed by atoms with Crippen molar-refractivity contribution in [1.82, 2.24) is 29.8 Å². The third-order valence-electron chi connectivity index (χ3n) is 5.11. The summed E-state index contributed by atoms with van der Waals surface area (Å²) in [5.74, 6) is -1.05. The van der Waals surface area contributed by atoms with E-state index in [0.717, 1.165) is 25.9 Å². The maximum atomic E-state index is 12.6. The molecule has 0 radical (unpaired) electrons. The van der Waals surface area contributed by atoms with E-state index in [1.165, 1.54) is 7.05 Å². The quantitative estimate of drug-likeness (QED) is 0.477. The van der Waals surface area contributed by atoms with E-state index in [2.05, 4.69) is 20.6 Å². The number of rotatable bonds is 6. The predicted molar refractivity (Wildman–Crippen MR) is 120 cm³/mol. The molecule has 1 N–H and O–H groups in total. The molecular formula is C23H22N6O4. The van der Waals surface area contributed by atoms with Gasteiger partial charge in [0.25, 0.3) is 5.56 Å². The van der Waals surface area contributed by atoms with Crippen molar-refractivity contribution in [3.63, 3.8) is 0 Å². The van der Waals surface area contributed by atoms with Gasteiger partial charge in [-0.05, 0) is 38.0 Å². The van der Waals surface area contributed by atoms with E-state index in [-0.39, 0.29) is 17.4 Å². The highest BCUT2D eigenvalue weighted by Gasteiger charge is 2.21. The van der Waals surface area contributed by atoms with Crippen LogP contribution in [0, 0.1) is 13.8 Å². The number of aryl methyl sites for hydroxylation is 2. The van der Waals surface area contributed by atoms with Crippen LogP contribution in [0.3, 0.4) is 0 Å². The van der Waals surface area contributed by atoms with Gasteiger partial charge in [-0.2, -0.15) is 14.8 Å². The highest BCUT2D eigenvalue weighted by atomic mass is 16.5. The molecule has 168 valence electrons. The van der Waals surface area contributed by atoms with Gasteiger partial charge in [0.05, 0.1) is 5.69 Å². The zero-order chi connectivity index (χ0) is 23.5. The second kappa shape index (κ2) is 9.03. The average molecular weight is 446 g/mol. The van der Waals surface area contributed by atoms with Gasteiger partial charge in [0, 0.05) is 13.6 Å². The summed E-state index contributed by atoms with van der Waals surface area (Å²) in [5.41, 5.74) is 2.20. The van der Waals surface area contributed by atoms with Gasteiger partial charge in [-0.25, -0.2) is 4.79 Å². The first-order valence-electron chi connectivity index (χ1n) is 10.3. The normalized spacial score (nSPS) is 10.9. The third kappa shape index (κ3) is 4.64. The van der Waals surface area contributed by atoms with Crippen molar-refractivity contribution >= 4 is 5.91 Å². The molecule has 2 aromatic carbocycles. The van der Waals surface area contributed by atoms with Gasteiger partial charge in [0.1, 0.15) is 0 Å². The first kappa shape index (κ1) is 21.9. The minimum atomic E-state index is -0.699. The van der Waals surface area contributed by atoms with Crippen molar-refractivity contribution in [3.05, 3.63) is 92.0 Å². The molecule has 0 unspecified atom stereocenters. The molecule has 0 saturated carbocycles. The van der Waals surface area contributed by atoms with Crippen molar-refractivity contribution < 1.29 is 9.32 Å². The summed E-state index contributed by atoms with van der Waals surface area (Å²) in [4.78, 5) is 41.6. The van der Waals surface area contributed by atoms with E-state index in [9.17, 15) is 14.4 Å². The summed E-state index contributed by atoms with van der Waals surface area (Å²) in [6.45, 7) is 4.30. The van der Waals surface area contributed by atoms with Gasteiger partial charge in [-0.3, -0.25) is 14.2 Å². The molecule has 0 aliphatic heterocycles. The Kier molecular flexibility index (Phi) is 5.99. The molecule has 0 spiro atoms. The van der Waals surface area contributed by atoms with Crippen LogP contribution in [0.2, 0.25) is 0 Å². The maximum absolute atomic E-state index is 12.6. The molecule has 1 amide bonds. The predicted octanol–water partition coefficient (Wildman–Crippen LogP) is 1.57. The number of nitrogens with one attached hydrogen (secondary N) is 1. The van der Waals surface area contributed by atoms with Crippen molar-refractivity contribution in [2.24, 2.45) is 7.05 Å². The van der Waals surface area contributed by atoms with Crippen LogP contribution >= 0.6 is 0 Å². The Bertz CT molecular complexity index is 1420. The van der Waals surface area contributed by atoms with Crippen LogP contribution in [0.1, 0.15) is 27.4 Å². The van der Waals surface area contributed by atoms with Gasteiger partial charge in [-0.1, -0.05) is 52.7 Å². The SMILES string of the molecule is Cc1ccc(CCNC(=O)c2nc(-c3nn(-c4ccc(C)cc4)c(=O)n(C)c3=O)no2)cc1. The van der Waals surface area contributed by atoms with E-state index in [4.69, 9.17) is 4.52 Å². The molecule has 2 aromatic heterocycles. The molecule has 0 fully saturated rings. The van der Waals surface area contributed by atoms with E-state index in [1.807, 2.05) is 50.2 Å². The fraction of sp³-hybridized carbons (Fsp3) is 0.217. The van der Waals surface area contributed by atoms with Crippen LogP contribution in [0.15, 0.2) is 62.6 Å². The van der Waals surface area contributed by atoms with Crippen LogP contribution in [-0.4, -0.2) is 36.9 Å². The van der Waals surface area contributed by atoms with Crippen molar-refractivity contribution in [2.45, 2.75) is 20.3 Å². The Balaban J connectivity index is 1.55. The summed E-state index contributed by atoms with van der Waals surface area (Å²) in [6, 6.07) is 15.1. The summed E-state index contributed by atoms with van der Waals surface area (Å²) in [7, 11) is 1.33. The van der Waals surface area contributed by atoms with E-state index >= 15 is 0 Å². The molecule has 10 nitrogen and oxygen atoms in total. The number of hydrogen-bond acceptors (Lipinski definition) is 7. The summed E-state index contributed by atoms with van der Waals surface area (Å²) < 4.78 is 7.02. The zero-order valence-corrected chi connectivity index (χ0v) is 18.4. The first-order valence-corrected chi connectivity index (χ1v) is 10.3. The molecule has 4 aromatic rings. The van der Waals surface area contributed by atoms with Crippen LogP contribution < -0.4 is 16.6 Å². The van der Waals surface area contributed by atoms with Gasteiger partial charge in [0.2, 0.25) is 5.82 Å². The molecule has 4 rings (SSSR count). The van der Waals surface area contributed by atoms with E-state index in [0.29, 0.717) is 18.7 Å². The Morgan fingerprint density at radius 2 is 1.64 bits per heavy atom. The summed E-state index contributed by atoms with van der Waals surface area (Å²) >= 11 is 0. The second-order valence-electron chi connectivity index (χ2n) is 7.66. The topological polar surface area (TPSA) is 125 Å². The largest absolute Gasteiger partial charge is 0.351 e. The maximum Gasteiger partial charge on any atom is 0.351 e. The molecule has 33 heavy (non-hydrogen) atoms. The van der Waals surface area contributed by atoms with Crippen LogP contribution in [-0.2, 0) is 13.5 Å². The highest BCUT2D eigenvalue weighted by Crippen LogP contribution is 2.11. The van der Waals surface area contributed by atoms with Crippen molar-refractivity contribution in [2.75, 3.05) is 6.54 Å². The molecule has 0 aliphatic carbocycles. The van der Waals surface area contributed by atoms with Gasteiger partial charge >= 0.3 is 17.5 Å². The fourth-order valence-electron chi connectivity index (χ4n) is 3.13. The molecule has 0 aliphatic rings. The highest BCUT2D eigenvalue weighted by molar-refractivity contribution is 5.89. The lowest BCUT2D eigenvalue weighted by atomic mass is 10.1. The van der Waals surface area contributed by atoms with Crippen LogP contribution in [0.4, 0.5) is 0 Å². The molecule has 0 saturated heterocycles. The number of amides is 1. The molecule has 2 heterocycles. The number of hydrogen-bond donors (Lipinski definition) is 1. The molecule has 0 atom stereocenters. The third-order valence-corrected chi connectivity index (χ3v) is 5.11. The summed E-state index contributed by atoms with van der Waals surface area (Å²) in [6.07, 6.45) is 0.636.